The molecule has 546 valence electrons. The molecule has 3 aromatic carbocycles. The summed E-state index contributed by atoms with van der Waals surface area (Å²) >= 11 is 0. The highest BCUT2D eigenvalue weighted by Gasteiger charge is 2.25. The van der Waals surface area contributed by atoms with Crippen molar-refractivity contribution in [3.63, 3.8) is 0 Å². The highest BCUT2D eigenvalue weighted by atomic mass is 16.5. The topological polar surface area (TPSA) is 323 Å². The van der Waals surface area contributed by atoms with Crippen molar-refractivity contribution in [3.8, 4) is 63.1 Å². The first-order chi connectivity index (χ1) is 50.2. The standard InChI is InChI=1S/C28H39N9O.C27H37N9O.C21H23N7O/c1-19(2)36-11-9-35(10-12-36)8-6-30-28(38)23-15-32-37(18-23)27-26(29)31-16-25(33-27)21-13-20(3)24-5-7-34(4)17-22(24)14-21;1-4-34-9-11-35(12-10-34)8-6-29-27(37)22-15-31-36(18-22)26-25(28)30-16-24(32-26)20-13-19(2)23-5-7-33(3)17-21(23)14-20;1-14-8-16(9-15-4-7-27(2)13-18(14)15)19-11-24-20(23)21(26-19)29-17-10-25-28(12-17)6-3-5-22/h13-16,18-19H,5-12,17H2,1-4H3,(H2,29,31)(H,30,38);13-16,18H,4-12,17H2,1-3H3,(H2,28,30)(H,29,37);8-12H,3-4,6-7,13H2,1-2H3,(H2,23,24). The summed E-state index contributed by atoms with van der Waals surface area (Å²) in [5.74, 6) is 2.01. The van der Waals surface area contributed by atoms with Gasteiger partial charge in [0.2, 0.25) is 0 Å². The minimum absolute atomic E-state index is 0.157. The molecule has 8 N–H and O–H groups in total. The SMILES string of the molecule is CCN1CCN(CCNC(=O)c2cnn(-c3nc(-c4cc(C)c5c(c4)CN(C)CC5)cnc3N)c2)CC1.Cc1cc(-c2cnc(N)c(-n3cc(C(=O)NCCN4CCN(C(C)C)CC4)cn3)n2)cc2c1CCN(C)C2.Cc1cc(-c2cnc(N)c(Oc3cnn(CCC#N)c3)n2)cc2c1CN(C)CC2. The number of nitrogens with two attached hydrogens (primary N) is 3. The van der Waals surface area contributed by atoms with E-state index >= 15 is 0 Å². The van der Waals surface area contributed by atoms with Crippen LogP contribution in [0, 0.1) is 32.1 Å². The molecule has 5 aliphatic heterocycles. The van der Waals surface area contributed by atoms with Gasteiger partial charge in [-0.05, 0) is 168 Å². The molecule has 0 radical (unpaired) electrons. The van der Waals surface area contributed by atoms with Gasteiger partial charge in [-0.2, -0.15) is 20.6 Å². The van der Waals surface area contributed by atoms with E-state index in [0.717, 1.165) is 164 Å². The Balaban J connectivity index is 0.000000148. The number of carbonyl (C=O) groups excluding carboxylic acids is 2. The fourth-order valence-corrected chi connectivity index (χ4v) is 14.2. The summed E-state index contributed by atoms with van der Waals surface area (Å²) in [6.07, 6.45) is 18.3. The third kappa shape index (κ3) is 18.1. The lowest BCUT2D eigenvalue weighted by Crippen LogP contribution is -2.50. The molecule has 6 aromatic heterocycles. The number of anilines is 3. The van der Waals surface area contributed by atoms with Crippen molar-refractivity contribution >= 4 is 29.3 Å². The molecule has 2 amide bonds. The highest BCUT2D eigenvalue weighted by molar-refractivity contribution is 5.94. The number of nitriles is 1. The van der Waals surface area contributed by atoms with Gasteiger partial charge in [-0.15, -0.1) is 0 Å². The van der Waals surface area contributed by atoms with Gasteiger partial charge >= 0.3 is 0 Å². The van der Waals surface area contributed by atoms with Crippen LogP contribution in [0.25, 0.3) is 45.4 Å². The molecule has 0 saturated carbocycles. The van der Waals surface area contributed by atoms with Gasteiger partial charge in [-0.25, -0.2) is 39.3 Å². The first kappa shape index (κ1) is 73.6. The molecule has 9 aromatic rings. The predicted octanol–water partition coefficient (Wildman–Crippen LogP) is 6.46. The third-order valence-electron chi connectivity index (χ3n) is 20.3. The second-order valence-corrected chi connectivity index (χ2v) is 28.2. The van der Waals surface area contributed by atoms with Gasteiger partial charge in [0.05, 0.1) is 90.6 Å². The number of amides is 2. The molecule has 104 heavy (non-hydrogen) atoms. The lowest BCUT2D eigenvalue weighted by atomic mass is 9.92. The summed E-state index contributed by atoms with van der Waals surface area (Å²) in [6.45, 7) is 32.0. The summed E-state index contributed by atoms with van der Waals surface area (Å²) in [5, 5.41) is 27.6. The predicted molar refractivity (Wildman–Crippen MR) is 403 cm³/mol. The number of hydrogen-bond acceptors (Lipinski definition) is 23. The number of fused-ring (bicyclic) bond motifs is 3. The van der Waals surface area contributed by atoms with Crippen molar-refractivity contribution in [3.05, 3.63) is 153 Å². The summed E-state index contributed by atoms with van der Waals surface area (Å²) < 4.78 is 10.5. The van der Waals surface area contributed by atoms with Crippen molar-refractivity contribution in [1.29, 1.82) is 5.26 Å². The Labute approximate surface area is 609 Å². The molecule has 0 atom stereocenters. The van der Waals surface area contributed by atoms with Crippen molar-refractivity contribution in [1.82, 2.24) is 104 Å². The molecular formula is C76H99N25O3. The van der Waals surface area contributed by atoms with E-state index in [9.17, 15) is 9.59 Å². The Kier molecular flexibility index (Phi) is 23.7. The number of carbonyl (C=O) groups is 2. The van der Waals surface area contributed by atoms with Crippen LogP contribution in [0.4, 0.5) is 17.5 Å². The third-order valence-corrected chi connectivity index (χ3v) is 20.3. The zero-order valence-electron chi connectivity index (χ0n) is 61.6. The van der Waals surface area contributed by atoms with E-state index < -0.39 is 0 Å². The minimum Gasteiger partial charge on any atom is -0.433 e. The Morgan fingerprint density at radius 1 is 0.529 bits per heavy atom. The minimum atomic E-state index is -0.158. The van der Waals surface area contributed by atoms with E-state index in [1.807, 2.05) is 0 Å². The zero-order valence-corrected chi connectivity index (χ0v) is 61.6. The molecule has 2 saturated heterocycles. The lowest BCUT2D eigenvalue weighted by Gasteiger charge is -2.36. The fraction of sp³-hybridized carbons (Fsp3) is 0.447. The Morgan fingerprint density at radius 2 is 0.990 bits per heavy atom. The van der Waals surface area contributed by atoms with Gasteiger partial charge in [0, 0.05) is 153 Å². The molecule has 11 heterocycles. The smallest absolute Gasteiger partial charge is 0.263 e. The summed E-state index contributed by atoms with van der Waals surface area (Å²) in [4.78, 5) is 69.5. The molecule has 5 aliphatic rings. The monoisotopic (exact) mass is 1410 g/mol. The Bertz CT molecular complexity index is 4540. The van der Waals surface area contributed by atoms with Gasteiger partial charge < -0.3 is 52.2 Å². The second kappa shape index (κ2) is 33.5. The molecule has 0 bridgehead atoms. The average Bonchev–Trinajstić information content (AvgIpc) is 1.33. The van der Waals surface area contributed by atoms with Gasteiger partial charge in [-0.3, -0.25) is 29.0 Å². The van der Waals surface area contributed by atoms with E-state index in [2.05, 4.69) is 185 Å². The highest BCUT2D eigenvalue weighted by Crippen LogP contribution is 2.34. The second-order valence-electron chi connectivity index (χ2n) is 28.2. The molecule has 28 heteroatoms. The van der Waals surface area contributed by atoms with Crippen molar-refractivity contribution in [2.45, 2.75) is 99.4 Å². The molecule has 28 nitrogen and oxygen atoms in total. The Morgan fingerprint density at radius 3 is 1.50 bits per heavy atom. The molecule has 0 aliphatic carbocycles. The average molecular weight is 1410 g/mol. The molecule has 2 fully saturated rings. The van der Waals surface area contributed by atoms with Crippen LogP contribution in [0.5, 0.6) is 11.6 Å². The van der Waals surface area contributed by atoms with Crippen LogP contribution in [0.15, 0.2) is 92.2 Å². The van der Waals surface area contributed by atoms with Crippen LogP contribution in [0.3, 0.4) is 0 Å². The normalized spacial score (nSPS) is 16.1. The van der Waals surface area contributed by atoms with Gasteiger partial charge in [-0.1, -0.05) is 6.92 Å². The number of ether oxygens (including phenoxy) is 1. The summed E-state index contributed by atoms with van der Waals surface area (Å²) in [6, 6.07) is 15.7. The van der Waals surface area contributed by atoms with Gasteiger partial charge in [0.25, 0.3) is 17.7 Å². The van der Waals surface area contributed by atoms with E-state index in [1.165, 1.54) is 59.4 Å². The molecule has 0 unspecified atom stereocenters. The first-order valence-electron chi connectivity index (χ1n) is 36.2. The summed E-state index contributed by atoms with van der Waals surface area (Å²) in [5.41, 5.74) is 36.5. The van der Waals surface area contributed by atoms with Crippen LogP contribution in [-0.4, -0.2) is 237 Å². The zero-order chi connectivity index (χ0) is 73.1. The number of rotatable bonds is 19. The number of hydrogen-bond donors (Lipinski definition) is 5. The Hall–Kier alpha value is -10.1. The quantitative estimate of drug-likeness (QED) is 0.0579. The largest absolute Gasteiger partial charge is 0.433 e. The first-order valence-corrected chi connectivity index (χ1v) is 36.2. The van der Waals surface area contributed by atoms with E-state index in [4.69, 9.17) is 37.2 Å². The number of nitrogens with one attached hydrogen (secondary N) is 2. The van der Waals surface area contributed by atoms with E-state index in [0.29, 0.717) is 60.6 Å². The van der Waals surface area contributed by atoms with Gasteiger partial charge in [0.1, 0.15) is 0 Å². The maximum atomic E-state index is 12.8. The van der Waals surface area contributed by atoms with Crippen molar-refractivity contribution in [2.75, 3.05) is 143 Å². The van der Waals surface area contributed by atoms with E-state index in [1.54, 1.807) is 60.5 Å². The molecule has 0 spiro atoms. The number of nitrogens with zero attached hydrogens (tertiary/aromatic N) is 20. The number of piperazine rings is 2. The van der Waals surface area contributed by atoms with Crippen LogP contribution in [-0.2, 0) is 45.4 Å². The van der Waals surface area contributed by atoms with Crippen LogP contribution < -0.4 is 32.6 Å². The number of aromatic nitrogens is 12. The van der Waals surface area contributed by atoms with Crippen molar-refractivity contribution in [2.24, 2.45) is 0 Å². The van der Waals surface area contributed by atoms with Crippen LogP contribution in [0.2, 0.25) is 0 Å². The van der Waals surface area contributed by atoms with Crippen LogP contribution in [0.1, 0.15) is 98.0 Å². The number of benzene rings is 3. The molecule has 14 rings (SSSR count). The number of aryl methyl sites for hydroxylation is 4. The van der Waals surface area contributed by atoms with Crippen molar-refractivity contribution < 1.29 is 14.3 Å². The molecular weight excluding hydrogens is 1310 g/mol. The van der Waals surface area contributed by atoms with E-state index in [-0.39, 0.29) is 35.1 Å². The lowest BCUT2D eigenvalue weighted by molar-refractivity contribution is 0.0917. The fourth-order valence-electron chi connectivity index (χ4n) is 14.2. The van der Waals surface area contributed by atoms with Crippen LogP contribution >= 0.6 is 0 Å². The maximum Gasteiger partial charge on any atom is 0.263 e. The number of likely N-dealkylation sites (N-methyl/N-ethyl adjacent to an activating group) is 4. The summed E-state index contributed by atoms with van der Waals surface area (Å²) in [7, 11) is 6.43. The maximum absolute atomic E-state index is 12.8. The van der Waals surface area contributed by atoms with Gasteiger partial charge in [0.15, 0.2) is 34.8 Å². The number of nitrogen functional groups attached to an aromatic ring is 3.